The molecule has 2 saturated heterocycles. The maximum atomic E-state index is 12.8. The summed E-state index contributed by atoms with van der Waals surface area (Å²) >= 11 is 1.74. The van der Waals surface area contributed by atoms with E-state index >= 15 is 0 Å². The van der Waals surface area contributed by atoms with Crippen molar-refractivity contribution in [1.29, 1.82) is 0 Å². The van der Waals surface area contributed by atoms with Crippen molar-refractivity contribution in [2.45, 2.75) is 31.8 Å². The van der Waals surface area contributed by atoms with Gasteiger partial charge in [-0.15, -0.1) is 0 Å². The highest BCUT2D eigenvalue weighted by Gasteiger charge is 2.56. The molecule has 0 aromatic carbocycles. The lowest BCUT2D eigenvalue weighted by atomic mass is 9.93. The molecule has 1 atom stereocenters. The summed E-state index contributed by atoms with van der Waals surface area (Å²) < 4.78 is 5.38. The summed E-state index contributed by atoms with van der Waals surface area (Å²) in [5.74, 6) is 0.268. The first-order valence-electron chi connectivity index (χ1n) is 9.08. The second kappa shape index (κ2) is 7.12. The monoisotopic (exact) mass is 349 g/mol. The minimum atomic E-state index is 0.268. The van der Waals surface area contributed by atoms with Gasteiger partial charge in [-0.1, -0.05) is 0 Å². The second-order valence-corrected chi connectivity index (χ2v) is 8.14. The van der Waals surface area contributed by atoms with E-state index in [1.165, 1.54) is 24.8 Å². The first-order valence-corrected chi connectivity index (χ1v) is 10.0. The maximum Gasteiger partial charge on any atom is 0.236 e. The fraction of sp³-hybridized carbons (Fsp3) is 0.722. The van der Waals surface area contributed by atoms with Gasteiger partial charge in [-0.05, 0) is 60.2 Å². The van der Waals surface area contributed by atoms with Crippen LogP contribution in [-0.4, -0.2) is 67.7 Å². The molecule has 1 N–H and O–H groups in total. The van der Waals surface area contributed by atoms with Gasteiger partial charge in [0, 0.05) is 25.7 Å². The Morgan fingerprint density at radius 3 is 2.88 bits per heavy atom. The number of carbonyl (C=O) groups is 1. The van der Waals surface area contributed by atoms with Crippen molar-refractivity contribution >= 4 is 17.2 Å². The molecule has 3 fully saturated rings. The number of hydrogen-bond acceptors (Lipinski definition) is 5. The van der Waals surface area contributed by atoms with Crippen LogP contribution < -0.4 is 5.32 Å². The van der Waals surface area contributed by atoms with E-state index in [9.17, 15) is 4.79 Å². The normalized spacial score (nSPS) is 26.0. The number of morpholine rings is 1. The molecule has 0 radical (unpaired) electrons. The fourth-order valence-corrected chi connectivity index (χ4v) is 4.94. The van der Waals surface area contributed by atoms with Gasteiger partial charge >= 0.3 is 0 Å². The van der Waals surface area contributed by atoms with E-state index in [0.717, 1.165) is 32.7 Å². The number of thiophene rings is 1. The molecule has 6 heteroatoms. The molecule has 4 rings (SSSR count). The minimum absolute atomic E-state index is 0.268. The number of nitrogens with one attached hydrogen (secondary N) is 1. The number of piperidine rings is 1. The average Bonchev–Trinajstić information content (AvgIpc) is 3.06. The highest BCUT2D eigenvalue weighted by Crippen LogP contribution is 2.56. The summed E-state index contributed by atoms with van der Waals surface area (Å²) in [6.07, 6.45) is 3.77. The molecule has 2 aliphatic heterocycles. The van der Waals surface area contributed by atoms with Gasteiger partial charge in [0.1, 0.15) is 0 Å². The number of ether oxygens (including phenoxy) is 1. The smallest absolute Gasteiger partial charge is 0.236 e. The van der Waals surface area contributed by atoms with Gasteiger partial charge in [0.25, 0.3) is 0 Å². The molecule has 0 bridgehead atoms. The van der Waals surface area contributed by atoms with Crippen LogP contribution in [0, 0.1) is 5.41 Å². The molecule has 1 spiro atoms. The summed E-state index contributed by atoms with van der Waals surface area (Å²) in [7, 11) is 0. The molecule has 1 aromatic rings. The molecule has 1 saturated carbocycles. The predicted octanol–water partition coefficient (Wildman–Crippen LogP) is 1.55. The molecule has 3 heterocycles. The van der Waals surface area contributed by atoms with Crippen molar-refractivity contribution in [2.24, 2.45) is 5.41 Å². The predicted molar refractivity (Wildman–Crippen MR) is 95.1 cm³/mol. The molecule has 1 aliphatic carbocycles. The van der Waals surface area contributed by atoms with Crippen molar-refractivity contribution in [3.8, 4) is 0 Å². The largest absolute Gasteiger partial charge is 0.378 e. The Kier molecular flexibility index (Phi) is 4.90. The Balaban J connectivity index is 1.43. The average molecular weight is 350 g/mol. The topological polar surface area (TPSA) is 44.8 Å². The Hall–Kier alpha value is -0.950. The van der Waals surface area contributed by atoms with Crippen LogP contribution in [-0.2, 0) is 16.1 Å². The van der Waals surface area contributed by atoms with Gasteiger partial charge in [0.2, 0.25) is 5.91 Å². The molecule has 1 unspecified atom stereocenters. The third-order valence-corrected chi connectivity index (χ3v) is 6.59. The molecular formula is C18H27N3O2S. The van der Waals surface area contributed by atoms with E-state index < -0.39 is 0 Å². The zero-order valence-electron chi connectivity index (χ0n) is 14.2. The van der Waals surface area contributed by atoms with E-state index in [0.29, 0.717) is 31.2 Å². The minimum Gasteiger partial charge on any atom is -0.378 e. The van der Waals surface area contributed by atoms with Crippen LogP contribution in [0.4, 0.5) is 0 Å². The standard InChI is InChI=1S/C18H27N3O2S/c22-17(20-6-8-23-9-7-20)13-21(12-15-1-10-24-14-15)16-11-18(16)2-4-19-5-3-18/h1,10,14,16,19H,2-9,11-13H2. The Bertz CT molecular complexity index is 551. The maximum absolute atomic E-state index is 12.8. The van der Waals surface area contributed by atoms with Crippen LogP contribution in [0.25, 0.3) is 0 Å². The molecule has 5 nitrogen and oxygen atoms in total. The van der Waals surface area contributed by atoms with Gasteiger partial charge in [-0.3, -0.25) is 9.69 Å². The Morgan fingerprint density at radius 1 is 1.38 bits per heavy atom. The Labute approximate surface area is 148 Å². The Morgan fingerprint density at radius 2 is 2.17 bits per heavy atom. The summed E-state index contributed by atoms with van der Waals surface area (Å²) in [5, 5.41) is 7.81. The zero-order valence-corrected chi connectivity index (χ0v) is 15.0. The quantitative estimate of drug-likeness (QED) is 0.876. The number of nitrogens with zero attached hydrogens (tertiary/aromatic N) is 2. The first kappa shape index (κ1) is 16.5. The van der Waals surface area contributed by atoms with Crippen molar-refractivity contribution < 1.29 is 9.53 Å². The van der Waals surface area contributed by atoms with Crippen molar-refractivity contribution in [2.75, 3.05) is 45.9 Å². The van der Waals surface area contributed by atoms with Crippen molar-refractivity contribution in [1.82, 2.24) is 15.1 Å². The summed E-state index contributed by atoms with van der Waals surface area (Å²) in [5.41, 5.74) is 1.80. The number of amides is 1. The lowest BCUT2D eigenvalue weighted by Gasteiger charge is -2.32. The molecule has 24 heavy (non-hydrogen) atoms. The third kappa shape index (κ3) is 3.52. The lowest BCUT2D eigenvalue weighted by molar-refractivity contribution is -0.136. The van der Waals surface area contributed by atoms with Crippen LogP contribution in [0.5, 0.6) is 0 Å². The van der Waals surface area contributed by atoms with Crippen LogP contribution in [0.3, 0.4) is 0 Å². The highest BCUT2D eigenvalue weighted by molar-refractivity contribution is 7.07. The SMILES string of the molecule is O=C(CN(Cc1ccsc1)C1CC12CCNCC2)N1CCOCC1. The van der Waals surface area contributed by atoms with Gasteiger partial charge in [-0.25, -0.2) is 0 Å². The first-order chi connectivity index (χ1) is 11.8. The second-order valence-electron chi connectivity index (χ2n) is 7.36. The molecular weight excluding hydrogens is 322 g/mol. The van der Waals surface area contributed by atoms with Gasteiger partial charge < -0.3 is 15.0 Å². The van der Waals surface area contributed by atoms with E-state index in [1.807, 2.05) is 4.90 Å². The lowest BCUT2D eigenvalue weighted by Crippen LogP contribution is -2.47. The van der Waals surface area contributed by atoms with Gasteiger partial charge in [0.15, 0.2) is 0 Å². The molecule has 3 aliphatic rings. The number of hydrogen-bond donors (Lipinski definition) is 1. The van der Waals surface area contributed by atoms with Crippen LogP contribution in [0.2, 0.25) is 0 Å². The van der Waals surface area contributed by atoms with E-state index in [4.69, 9.17) is 4.74 Å². The van der Waals surface area contributed by atoms with Gasteiger partial charge in [-0.2, -0.15) is 11.3 Å². The zero-order chi connectivity index (χ0) is 16.4. The molecule has 1 amide bonds. The molecule has 132 valence electrons. The number of carbonyl (C=O) groups excluding carboxylic acids is 1. The summed E-state index contributed by atoms with van der Waals surface area (Å²) in [4.78, 5) is 17.2. The van der Waals surface area contributed by atoms with Crippen molar-refractivity contribution in [3.63, 3.8) is 0 Å². The summed E-state index contributed by atoms with van der Waals surface area (Å²) in [6.45, 7) is 6.54. The van der Waals surface area contributed by atoms with Gasteiger partial charge in [0.05, 0.1) is 19.8 Å². The molecule has 1 aromatic heterocycles. The van der Waals surface area contributed by atoms with E-state index in [2.05, 4.69) is 27.0 Å². The van der Waals surface area contributed by atoms with Crippen molar-refractivity contribution in [3.05, 3.63) is 22.4 Å². The van der Waals surface area contributed by atoms with Crippen LogP contribution in [0.15, 0.2) is 16.8 Å². The van der Waals surface area contributed by atoms with E-state index in [-0.39, 0.29) is 5.91 Å². The summed E-state index contributed by atoms with van der Waals surface area (Å²) in [6, 6.07) is 2.76. The fourth-order valence-electron chi connectivity index (χ4n) is 4.28. The van der Waals surface area contributed by atoms with Crippen LogP contribution >= 0.6 is 11.3 Å². The highest BCUT2D eigenvalue weighted by atomic mass is 32.1. The third-order valence-electron chi connectivity index (χ3n) is 5.85. The van der Waals surface area contributed by atoms with E-state index in [1.54, 1.807) is 11.3 Å². The number of rotatable bonds is 5. The van der Waals surface area contributed by atoms with Crippen LogP contribution in [0.1, 0.15) is 24.8 Å².